The summed E-state index contributed by atoms with van der Waals surface area (Å²) < 4.78 is 11.2. The molecular formula is C21H43IN4O2. The Morgan fingerprint density at radius 1 is 1.18 bits per heavy atom. The molecule has 6 nitrogen and oxygen atoms in total. The van der Waals surface area contributed by atoms with Crippen LogP contribution in [-0.2, 0) is 9.47 Å². The van der Waals surface area contributed by atoms with Crippen LogP contribution < -0.4 is 10.6 Å². The summed E-state index contributed by atoms with van der Waals surface area (Å²) in [5.74, 6) is 2.32. The zero-order valence-electron chi connectivity index (χ0n) is 18.3. The minimum Gasteiger partial charge on any atom is -0.381 e. The summed E-state index contributed by atoms with van der Waals surface area (Å²) in [5, 5.41) is 6.84. The van der Waals surface area contributed by atoms with Crippen LogP contribution >= 0.6 is 24.0 Å². The van der Waals surface area contributed by atoms with Gasteiger partial charge in [-0.2, -0.15) is 0 Å². The molecule has 2 aliphatic rings. The molecule has 0 bridgehead atoms. The Bertz CT molecular complexity index is 411. The second-order valence-electron chi connectivity index (χ2n) is 8.23. The fraction of sp³-hybridized carbons (Fsp3) is 0.952. The lowest BCUT2D eigenvalue weighted by atomic mass is 9.83. The Morgan fingerprint density at radius 2 is 1.96 bits per heavy atom. The molecular weight excluding hydrogens is 467 g/mol. The van der Waals surface area contributed by atoms with Gasteiger partial charge in [-0.25, -0.2) is 0 Å². The molecule has 1 aliphatic carbocycles. The molecule has 28 heavy (non-hydrogen) atoms. The van der Waals surface area contributed by atoms with Crippen LogP contribution in [0.2, 0.25) is 0 Å². The van der Waals surface area contributed by atoms with Crippen molar-refractivity contribution in [2.75, 3.05) is 60.2 Å². The first kappa shape index (κ1) is 25.9. The maximum Gasteiger partial charge on any atom is 0.191 e. The van der Waals surface area contributed by atoms with Crippen molar-refractivity contribution in [3.05, 3.63) is 0 Å². The molecule has 0 aromatic carbocycles. The third-order valence-electron chi connectivity index (χ3n) is 5.77. The Kier molecular flexibility index (Phi) is 14.5. The van der Waals surface area contributed by atoms with Gasteiger partial charge in [0.1, 0.15) is 0 Å². The van der Waals surface area contributed by atoms with Crippen LogP contribution in [0.5, 0.6) is 0 Å². The summed E-state index contributed by atoms with van der Waals surface area (Å²) in [7, 11) is 4.39. The van der Waals surface area contributed by atoms with Crippen molar-refractivity contribution in [3.8, 4) is 0 Å². The molecule has 0 radical (unpaired) electrons. The maximum absolute atomic E-state index is 5.78. The average Bonchev–Trinajstić information content (AvgIpc) is 3.18. The van der Waals surface area contributed by atoms with Crippen LogP contribution in [0.1, 0.15) is 51.9 Å². The Balaban J connectivity index is 0.00000392. The first-order valence-corrected chi connectivity index (χ1v) is 11.0. The van der Waals surface area contributed by atoms with Gasteiger partial charge in [-0.05, 0) is 52.6 Å². The second kappa shape index (κ2) is 15.7. The number of hydrogen-bond acceptors (Lipinski definition) is 4. The Morgan fingerprint density at radius 3 is 2.61 bits per heavy atom. The molecule has 1 saturated heterocycles. The van der Waals surface area contributed by atoms with E-state index in [1.807, 2.05) is 0 Å². The highest BCUT2D eigenvalue weighted by molar-refractivity contribution is 14.0. The molecule has 2 N–H and O–H groups in total. The van der Waals surface area contributed by atoms with Gasteiger partial charge in [0.25, 0.3) is 0 Å². The minimum atomic E-state index is 0. The molecule has 2 unspecified atom stereocenters. The second-order valence-corrected chi connectivity index (χ2v) is 8.23. The summed E-state index contributed by atoms with van der Waals surface area (Å²) in [4.78, 5) is 7.25. The summed E-state index contributed by atoms with van der Waals surface area (Å²) in [5.41, 5.74) is 0. The summed E-state index contributed by atoms with van der Waals surface area (Å²) in [6, 6.07) is 0.540. The first-order valence-electron chi connectivity index (χ1n) is 11.0. The lowest BCUT2D eigenvalue weighted by Crippen LogP contribution is -2.42. The number of hydrogen-bond donors (Lipinski definition) is 2. The van der Waals surface area contributed by atoms with E-state index in [9.17, 15) is 0 Å². The van der Waals surface area contributed by atoms with Crippen molar-refractivity contribution in [3.63, 3.8) is 0 Å². The van der Waals surface area contributed by atoms with E-state index in [0.717, 1.165) is 70.8 Å². The van der Waals surface area contributed by atoms with Gasteiger partial charge in [0.05, 0.1) is 19.8 Å². The van der Waals surface area contributed by atoms with Gasteiger partial charge in [0.2, 0.25) is 0 Å². The molecule has 0 spiro atoms. The molecule has 7 heteroatoms. The van der Waals surface area contributed by atoms with E-state index >= 15 is 0 Å². The largest absolute Gasteiger partial charge is 0.381 e. The van der Waals surface area contributed by atoms with Crippen LogP contribution in [0, 0.1) is 11.8 Å². The zero-order valence-corrected chi connectivity index (χ0v) is 20.6. The number of nitrogens with one attached hydrogen (secondary N) is 2. The highest BCUT2D eigenvalue weighted by Crippen LogP contribution is 2.28. The predicted octanol–water partition coefficient (Wildman–Crippen LogP) is 3.11. The van der Waals surface area contributed by atoms with Gasteiger partial charge >= 0.3 is 0 Å². The van der Waals surface area contributed by atoms with Crippen LogP contribution in [0.3, 0.4) is 0 Å². The van der Waals surface area contributed by atoms with Gasteiger partial charge in [-0.3, -0.25) is 4.99 Å². The van der Waals surface area contributed by atoms with Gasteiger partial charge < -0.3 is 25.0 Å². The summed E-state index contributed by atoms with van der Waals surface area (Å²) in [6.45, 7) is 8.16. The molecule has 166 valence electrons. The van der Waals surface area contributed by atoms with Crippen LogP contribution in [0.25, 0.3) is 0 Å². The Hall–Kier alpha value is -0.120. The fourth-order valence-corrected chi connectivity index (χ4v) is 4.13. The van der Waals surface area contributed by atoms with E-state index in [4.69, 9.17) is 14.5 Å². The fourth-order valence-electron chi connectivity index (χ4n) is 4.13. The number of rotatable bonds is 11. The third kappa shape index (κ3) is 10.1. The van der Waals surface area contributed by atoms with Gasteiger partial charge in [-0.1, -0.05) is 19.3 Å². The number of ether oxygens (including phenoxy) is 2. The highest BCUT2D eigenvalue weighted by atomic mass is 127. The van der Waals surface area contributed by atoms with E-state index < -0.39 is 0 Å². The Labute approximate surface area is 189 Å². The highest BCUT2D eigenvalue weighted by Gasteiger charge is 2.25. The van der Waals surface area contributed by atoms with E-state index in [1.54, 1.807) is 0 Å². The van der Waals surface area contributed by atoms with Crippen molar-refractivity contribution in [2.24, 2.45) is 16.8 Å². The lowest BCUT2D eigenvalue weighted by molar-refractivity contribution is 0.0888. The summed E-state index contributed by atoms with van der Waals surface area (Å²) in [6.07, 6.45) is 9.01. The van der Waals surface area contributed by atoms with Crippen molar-refractivity contribution < 1.29 is 9.47 Å². The van der Waals surface area contributed by atoms with Crippen molar-refractivity contribution >= 4 is 29.9 Å². The minimum absolute atomic E-state index is 0. The quantitative estimate of drug-likeness (QED) is 0.194. The van der Waals surface area contributed by atoms with E-state index in [-0.39, 0.29) is 24.0 Å². The zero-order chi connectivity index (χ0) is 19.3. The van der Waals surface area contributed by atoms with Crippen molar-refractivity contribution in [2.45, 2.75) is 57.9 Å². The van der Waals surface area contributed by atoms with Gasteiger partial charge in [0, 0.05) is 38.3 Å². The van der Waals surface area contributed by atoms with Crippen LogP contribution in [0.15, 0.2) is 4.99 Å². The van der Waals surface area contributed by atoms with Gasteiger partial charge in [0.15, 0.2) is 5.96 Å². The molecule has 0 aromatic rings. The topological polar surface area (TPSA) is 58.1 Å². The smallest absolute Gasteiger partial charge is 0.191 e. The molecule has 2 rings (SSSR count). The summed E-state index contributed by atoms with van der Waals surface area (Å²) >= 11 is 0. The molecule has 0 aromatic heterocycles. The standard InChI is InChI=1S/C21H42N4O2.HI/c1-4-22-21(23-12-8-13-26-16-18-11-14-27-17-18)24-15-20(25(2)3)19-9-6-5-7-10-19;/h18-20H,4-17H2,1-3H3,(H2,22,23,24);1H. The average molecular weight is 511 g/mol. The van der Waals surface area contributed by atoms with Crippen molar-refractivity contribution in [1.82, 2.24) is 15.5 Å². The molecule has 1 aliphatic heterocycles. The third-order valence-corrected chi connectivity index (χ3v) is 5.77. The number of aliphatic imine (C=N–C) groups is 1. The number of nitrogens with zero attached hydrogens (tertiary/aromatic N) is 2. The molecule has 2 atom stereocenters. The van der Waals surface area contributed by atoms with E-state index in [2.05, 4.69) is 36.6 Å². The molecule has 2 fully saturated rings. The number of halogens is 1. The van der Waals surface area contributed by atoms with E-state index in [1.165, 1.54) is 32.1 Å². The van der Waals surface area contributed by atoms with E-state index in [0.29, 0.717) is 12.0 Å². The molecule has 1 saturated carbocycles. The monoisotopic (exact) mass is 510 g/mol. The predicted molar refractivity (Wildman–Crippen MR) is 128 cm³/mol. The number of guanidine groups is 1. The molecule has 0 amide bonds. The van der Waals surface area contributed by atoms with Crippen LogP contribution in [0.4, 0.5) is 0 Å². The lowest BCUT2D eigenvalue weighted by Gasteiger charge is -2.34. The maximum atomic E-state index is 5.78. The molecule has 1 heterocycles. The SMILES string of the molecule is CCNC(=NCC(C1CCCCC1)N(C)C)NCCCOCC1CCOC1.I. The number of likely N-dealkylation sites (N-methyl/N-ethyl adjacent to an activating group) is 1. The van der Waals surface area contributed by atoms with Crippen molar-refractivity contribution in [1.29, 1.82) is 0 Å². The van der Waals surface area contributed by atoms with Crippen LogP contribution in [-0.4, -0.2) is 77.1 Å². The van der Waals surface area contributed by atoms with Gasteiger partial charge in [-0.15, -0.1) is 24.0 Å². The normalized spacial score (nSPS) is 22.1. The first-order chi connectivity index (χ1) is 13.2.